The lowest BCUT2D eigenvalue weighted by Gasteiger charge is -2.38. The van der Waals surface area contributed by atoms with Gasteiger partial charge in [-0.2, -0.15) is 9.97 Å². The predicted octanol–water partition coefficient (Wildman–Crippen LogP) is 10.3. The molecule has 0 radical (unpaired) electrons. The van der Waals surface area contributed by atoms with Gasteiger partial charge in [-0.15, -0.1) is 5.54 Å². The van der Waals surface area contributed by atoms with E-state index in [9.17, 15) is 13.2 Å². The summed E-state index contributed by atoms with van der Waals surface area (Å²) in [6.45, 7) is 14.8. The van der Waals surface area contributed by atoms with Crippen LogP contribution in [0.4, 0.5) is 32.2 Å². The van der Waals surface area contributed by atoms with Crippen LogP contribution in [0.2, 0.25) is 16.6 Å². The van der Waals surface area contributed by atoms with Gasteiger partial charge in [-0.1, -0.05) is 53.5 Å². The molecule has 0 aliphatic carbocycles. The van der Waals surface area contributed by atoms with Crippen LogP contribution in [0.3, 0.4) is 0 Å². The predicted molar refractivity (Wildman–Crippen MR) is 222 cm³/mol. The zero-order valence-electron chi connectivity index (χ0n) is 34.8. The number of fused-ring (bicyclic) bond motifs is 5. The van der Waals surface area contributed by atoms with Crippen molar-refractivity contribution in [1.82, 2.24) is 20.2 Å². The second-order valence-electron chi connectivity index (χ2n) is 18.0. The van der Waals surface area contributed by atoms with Crippen molar-refractivity contribution in [1.29, 1.82) is 0 Å². The summed E-state index contributed by atoms with van der Waals surface area (Å²) in [6.07, 6.45) is -0.288. The summed E-state index contributed by atoms with van der Waals surface area (Å²) in [4.78, 5) is 13.4. The molecule has 4 fully saturated rings. The number of methoxy groups -OCH3 is 1. The van der Waals surface area contributed by atoms with Crippen LogP contribution in [-0.2, 0) is 0 Å². The van der Waals surface area contributed by atoms with Crippen molar-refractivity contribution in [3.05, 3.63) is 52.8 Å². The van der Waals surface area contributed by atoms with Gasteiger partial charge in [0.1, 0.15) is 38.0 Å². The number of rotatable bonds is 10. The molecule has 0 unspecified atom stereocenters. The summed E-state index contributed by atoms with van der Waals surface area (Å²) in [5, 5.41) is 3.69. The van der Waals surface area contributed by atoms with Crippen molar-refractivity contribution in [3.63, 3.8) is 0 Å². The summed E-state index contributed by atoms with van der Waals surface area (Å²) < 4.78 is 108. The highest BCUT2D eigenvalue weighted by Gasteiger charge is 2.49. The molecule has 1 aromatic heterocycles. The Bertz CT molecular complexity index is 2320. The summed E-state index contributed by atoms with van der Waals surface area (Å²) in [6, 6.07) is 4.78. The van der Waals surface area contributed by atoms with Crippen LogP contribution in [0.5, 0.6) is 11.8 Å². The molecule has 316 valence electrons. The molecule has 4 aliphatic heterocycles. The molecule has 0 saturated carbocycles. The standard InChI is InChI=1S/C45H53F6N5O2Si/c1-24(2)59(25(3)4,26(5)6)16-13-32-34(47)12-9-27-17-28(42(50)51)18-33(35(27)32)36-38(48)40-37(41(57-7)39(36)49)43(55-21-30-10-11-31(22-55)52-30)54-44(53-40)58-23-45-14-8-15-56(45)20-29(46)19-45/h9,12,17-18,24-26,29-31,42,52H,8,10-11,14-15,19-23H2,1-7H3/t29-,30-,31+,45+/m1/s1. The number of nitrogens with one attached hydrogen (secondary N) is 1. The molecule has 7 nitrogen and oxygen atoms in total. The minimum Gasteiger partial charge on any atom is -0.493 e. The number of hydrogen-bond acceptors (Lipinski definition) is 7. The zero-order chi connectivity index (χ0) is 42.1. The first-order chi connectivity index (χ1) is 28.1. The van der Waals surface area contributed by atoms with E-state index < -0.39 is 54.8 Å². The lowest BCUT2D eigenvalue weighted by molar-refractivity contribution is 0.107. The molecule has 3 aromatic carbocycles. The van der Waals surface area contributed by atoms with Crippen LogP contribution in [-0.4, -0.2) is 86.6 Å². The monoisotopic (exact) mass is 837 g/mol. The summed E-state index contributed by atoms with van der Waals surface area (Å²) in [5.41, 5.74) is 1.55. The van der Waals surface area contributed by atoms with Gasteiger partial charge in [0, 0.05) is 49.1 Å². The van der Waals surface area contributed by atoms with E-state index in [0.29, 0.717) is 19.6 Å². The number of nitrogens with zero attached hydrogens (tertiary/aromatic N) is 4. The van der Waals surface area contributed by atoms with Gasteiger partial charge in [-0.25, -0.2) is 26.3 Å². The molecule has 4 saturated heterocycles. The number of alkyl halides is 3. The number of benzene rings is 3. The van der Waals surface area contributed by atoms with Crippen LogP contribution in [0, 0.1) is 28.9 Å². The van der Waals surface area contributed by atoms with E-state index in [2.05, 4.69) is 68.2 Å². The van der Waals surface area contributed by atoms with Crippen LogP contribution in [0.15, 0.2) is 24.3 Å². The normalized spacial score (nSPS) is 23.3. The minimum absolute atomic E-state index is 0.00661. The van der Waals surface area contributed by atoms with E-state index in [1.807, 2.05) is 4.90 Å². The molecule has 4 atom stereocenters. The number of aromatic nitrogens is 2. The highest BCUT2D eigenvalue weighted by Crippen LogP contribution is 2.48. The molecule has 5 heterocycles. The molecule has 0 amide bonds. The number of piperazine rings is 1. The lowest BCUT2D eigenvalue weighted by Crippen LogP contribution is -2.51. The third-order valence-corrected chi connectivity index (χ3v) is 20.1. The summed E-state index contributed by atoms with van der Waals surface area (Å²) in [5.74, 6) is -0.113. The SMILES string of the molecule is COc1c(F)c(-c2cc(C(F)F)cc3ccc(F)c(C#C[Si](C(C)C)(C(C)C)C(C)C)c23)c(F)c2nc(OC[C@@]34CCCN3C[C@H](F)C4)nc(N3C[C@H]4CC[C@@H](C3)N4)c12. The van der Waals surface area contributed by atoms with Gasteiger partial charge in [-0.05, 0) is 78.0 Å². The molecule has 2 bridgehead atoms. The van der Waals surface area contributed by atoms with Crippen molar-refractivity contribution in [2.45, 2.75) is 120 Å². The molecule has 1 N–H and O–H groups in total. The van der Waals surface area contributed by atoms with Crippen LogP contribution in [0.25, 0.3) is 32.8 Å². The maximum absolute atomic E-state index is 17.8. The van der Waals surface area contributed by atoms with Crippen LogP contribution >= 0.6 is 0 Å². The number of hydrogen-bond donors (Lipinski definition) is 1. The van der Waals surface area contributed by atoms with Gasteiger partial charge < -0.3 is 19.7 Å². The second-order valence-corrected chi connectivity index (χ2v) is 23.6. The largest absolute Gasteiger partial charge is 0.493 e. The summed E-state index contributed by atoms with van der Waals surface area (Å²) >= 11 is 0. The zero-order valence-corrected chi connectivity index (χ0v) is 35.8. The average molecular weight is 838 g/mol. The fourth-order valence-corrected chi connectivity index (χ4v) is 16.3. The van der Waals surface area contributed by atoms with Crippen molar-refractivity contribution >= 4 is 35.6 Å². The molecule has 4 aromatic rings. The molecule has 4 aliphatic rings. The van der Waals surface area contributed by atoms with E-state index in [1.165, 1.54) is 19.2 Å². The molecule has 14 heteroatoms. The molecular weight excluding hydrogens is 785 g/mol. The Kier molecular flexibility index (Phi) is 11.1. The van der Waals surface area contributed by atoms with Crippen molar-refractivity contribution in [2.75, 3.05) is 44.8 Å². The van der Waals surface area contributed by atoms with Gasteiger partial charge in [0.2, 0.25) is 0 Å². The molecule has 59 heavy (non-hydrogen) atoms. The third-order valence-electron chi connectivity index (χ3n) is 13.8. The Hall–Kier alpha value is -4.06. The van der Waals surface area contributed by atoms with Gasteiger partial charge in [0.25, 0.3) is 6.43 Å². The number of ether oxygens (including phenoxy) is 2. The lowest BCUT2D eigenvalue weighted by atomic mass is 9.90. The minimum atomic E-state index is -3.01. The van der Waals surface area contributed by atoms with E-state index in [4.69, 9.17) is 14.5 Å². The number of halogens is 6. The van der Waals surface area contributed by atoms with Gasteiger partial charge in [0.05, 0.1) is 29.2 Å². The average Bonchev–Trinajstić information content (AvgIpc) is 3.84. The highest BCUT2D eigenvalue weighted by atomic mass is 28.3. The summed E-state index contributed by atoms with van der Waals surface area (Å²) in [7, 11) is -1.22. The Labute approximate surface area is 343 Å². The molecule has 0 spiro atoms. The Morgan fingerprint density at radius 3 is 2.27 bits per heavy atom. The quantitative estimate of drug-likeness (QED) is 0.0970. The van der Waals surface area contributed by atoms with Crippen LogP contribution < -0.4 is 19.7 Å². The van der Waals surface area contributed by atoms with Crippen molar-refractivity contribution in [3.8, 4) is 34.4 Å². The van der Waals surface area contributed by atoms with Gasteiger partial charge >= 0.3 is 6.01 Å². The second kappa shape index (κ2) is 15.8. The van der Waals surface area contributed by atoms with E-state index in [1.54, 1.807) is 0 Å². The Balaban J connectivity index is 1.38. The molecule has 8 rings (SSSR count). The van der Waals surface area contributed by atoms with Crippen molar-refractivity contribution in [2.24, 2.45) is 0 Å². The van der Waals surface area contributed by atoms with E-state index in [0.717, 1.165) is 44.4 Å². The van der Waals surface area contributed by atoms with Gasteiger partial charge in [-0.3, -0.25) is 4.90 Å². The maximum Gasteiger partial charge on any atom is 0.319 e. The van der Waals surface area contributed by atoms with Crippen molar-refractivity contribution < 1.29 is 35.8 Å². The topological polar surface area (TPSA) is 62.8 Å². The first-order valence-corrected chi connectivity index (χ1v) is 23.2. The van der Waals surface area contributed by atoms with E-state index in [-0.39, 0.29) is 92.1 Å². The smallest absolute Gasteiger partial charge is 0.319 e. The van der Waals surface area contributed by atoms with E-state index >= 15 is 13.2 Å². The van der Waals surface area contributed by atoms with Gasteiger partial charge in [0.15, 0.2) is 17.4 Å². The van der Waals surface area contributed by atoms with Crippen LogP contribution in [0.1, 0.15) is 91.2 Å². The molecular formula is C45H53F6N5O2Si. The first kappa shape index (κ1) is 41.7. The fourth-order valence-electron chi connectivity index (χ4n) is 11.1. The fraction of sp³-hybridized carbons (Fsp3) is 0.556. The number of anilines is 1. The third kappa shape index (κ3) is 7.02. The maximum atomic E-state index is 17.8. The Morgan fingerprint density at radius 1 is 0.932 bits per heavy atom. The highest BCUT2D eigenvalue weighted by molar-refractivity contribution is 6.90. The first-order valence-electron chi connectivity index (χ1n) is 21.0. The Morgan fingerprint density at radius 2 is 1.63 bits per heavy atom.